The van der Waals surface area contributed by atoms with Gasteiger partial charge in [-0.3, -0.25) is 19.2 Å². The summed E-state index contributed by atoms with van der Waals surface area (Å²) >= 11 is 6.03. The molecule has 0 atom stereocenters. The molecular formula is C23H21ClN4O5S. The molecule has 0 unspecified atom stereocenters. The lowest BCUT2D eigenvalue weighted by Gasteiger charge is -2.26. The van der Waals surface area contributed by atoms with Gasteiger partial charge in [-0.15, -0.1) is 0 Å². The molecule has 3 aromatic rings. The zero-order chi connectivity index (χ0) is 24.9. The number of nitro benzene ring substituents is 1. The van der Waals surface area contributed by atoms with E-state index in [2.05, 4.69) is 10.5 Å². The SMILES string of the molecule is Cc1cccc(N(CC(=O)N/N=C\c2cc([N+](=O)[O-])ccc2Cl)S(=O)(=O)c2ccccc2)c1C. The highest BCUT2D eigenvalue weighted by Crippen LogP contribution is 2.28. The van der Waals surface area contributed by atoms with Gasteiger partial charge in [-0.1, -0.05) is 41.9 Å². The Kier molecular flexibility index (Phi) is 7.64. The lowest BCUT2D eigenvalue weighted by molar-refractivity contribution is -0.384. The lowest BCUT2D eigenvalue weighted by atomic mass is 10.1. The van der Waals surface area contributed by atoms with E-state index in [1.165, 1.54) is 30.3 Å². The number of rotatable bonds is 8. The third-order valence-corrected chi connectivity index (χ3v) is 7.16. The number of nitro groups is 1. The van der Waals surface area contributed by atoms with Crippen molar-refractivity contribution in [2.75, 3.05) is 10.8 Å². The molecule has 0 aliphatic rings. The zero-order valence-electron chi connectivity index (χ0n) is 18.3. The predicted octanol–water partition coefficient (Wildman–Crippen LogP) is 4.21. The van der Waals surface area contributed by atoms with Crippen molar-refractivity contribution in [1.29, 1.82) is 0 Å². The van der Waals surface area contributed by atoms with E-state index < -0.39 is 27.4 Å². The normalized spacial score (nSPS) is 11.4. The molecule has 0 radical (unpaired) electrons. The molecule has 1 amide bonds. The number of halogens is 1. The molecule has 0 aromatic heterocycles. The second-order valence-electron chi connectivity index (χ2n) is 7.30. The van der Waals surface area contributed by atoms with E-state index >= 15 is 0 Å². The Bertz CT molecular complexity index is 1360. The molecule has 34 heavy (non-hydrogen) atoms. The quantitative estimate of drug-likeness (QED) is 0.282. The van der Waals surface area contributed by atoms with E-state index in [9.17, 15) is 23.3 Å². The van der Waals surface area contributed by atoms with Gasteiger partial charge in [0.1, 0.15) is 6.54 Å². The van der Waals surface area contributed by atoms with Crippen LogP contribution in [-0.2, 0) is 14.8 Å². The zero-order valence-corrected chi connectivity index (χ0v) is 19.9. The predicted molar refractivity (Wildman–Crippen MR) is 131 cm³/mol. The summed E-state index contributed by atoms with van der Waals surface area (Å²) in [5.41, 5.74) is 4.24. The van der Waals surface area contributed by atoms with Crippen LogP contribution < -0.4 is 9.73 Å². The fraction of sp³-hybridized carbons (Fsp3) is 0.130. The van der Waals surface area contributed by atoms with Crippen LogP contribution in [0.1, 0.15) is 16.7 Å². The van der Waals surface area contributed by atoms with Crippen molar-refractivity contribution in [3.63, 3.8) is 0 Å². The van der Waals surface area contributed by atoms with Crippen LogP contribution in [0.5, 0.6) is 0 Å². The standard InChI is InChI=1S/C23H21ClN4O5S/c1-16-7-6-10-22(17(16)2)27(34(32,33)20-8-4-3-5-9-20)15-23(29)26-25-14-18-13-19(28(30)31)11-12-21(18)24/h3-14H,15H2,1-2H3,(H,26,29)/b25-14-. The van der Waals surface area contributed by atoms with Gasteiger partial charge in [-0.25, -0.2) is 13.8 Å². The Balaban J connectivity index is 1.88. The molecule has 0 aliphatic heterocycles. The Morgan fingerprint density at radius 1 is 1.12 bits per heavy atom. The summed E-state index contributed by atoms with van der Waals surface area (Å²) in [5.74, 6) is -0.710. The average Bonchev–Trinajstić information content (AvgIpc) is 2.81. The highest BCUT2D eigenvalue weighted by molar-refractivity contribution is 7.92. The Labute approximate surface area is 201 Å². The maximum absolute atomic E-state index is 13.4. The summed E-state index contributed by atoms with van der Waals surface area (Å²) in [6.07, 6.45) is 1.15. The molecule has 11 heteroatoms. The first kappa shape index (κ1) is 24.9. The van der Waals surface area contributed by atoms with Crippen LogP contribution in [0.25, 0.3) is 0 Å². The van der Waals surface area contributed by atoms with Gasteiger partial charge in [-0.2, -0.15) is 5.10 Å². The van der Waals surface area contributed by atoms with Crippen molar-refractivity contribution in [3.8, 4) is 0 Å². The summed E-state index contributed by atoms with van der Waals surface area (Å²) in [4.78, 5) is 23.1. The number of anilines is 1. The van der Waals surface area contributed by atoms with Crippen molar-refractivity contribution in [3.05, 3.63) is 98.6 Å². The summed E-state index contributed by atoms with van der Waals surface area (Å²) in [6, 6.07) is 16.8. The van der Waals surface area contributed by atoms with Crippen LogP contribution >= 0.6 is 11.6 Å². The Hall–Kier alpha value is -3.76. The molecule has 176 valence electrons. The lowest BCUT2D eigenvalue weighted by Crippen LogP contribution is -2.40. The van der Waals surface area contributed by atoms with Crippen LogP contribution in [0.15, 0.2) is 76.7 Å². The summed E-state index contributed by atoms with van der Waals surface area (Å²) in [7, 11) is -4.06. The molecule has 0 bridgehead atoms. The number of carbonyl (C=O) groups is 1. The van der Waals surface area contributed by atoms with Gasteiger partial charge < -0.3 is 0 Å². The first-order valence-electron chi connectivity index (χ1n) is 10.0. The van der Waals surface area contributed by atoms with E-state index in [0.717, 1.165) is 16.1 Å². The third-order valence-electron chi connectivity index (χ3n) is 5.05. The largest absolute Gasteiger partial charge is 0.271 e. The van der Waals surface area contributed by atoms with E-state index in [1.807, 2.05) is 13.0 Å². The fourth-order valence-corrected chi connectivity index (χ4v) is 4.77. The van der Waals surface area contributed by atoms with E-state index in [0.29, 0.717) is 11.3 Å². The number of amides is 1. The molecule has 0 aliphatic carbocycles. The maximum atomic E-state index is 13.4. The van der Waals surface area contributed by atoms with Gasteiger partial charge in [-0.05, 0) is 49.2 Å². The molecule has 3 aromatic carbocycles. The number of nitrogens with zero attached hydrogens (tertiary/aromatic N) is 3. The molecule has 0 fully saturated rings. The smallest absolute Gasteiger partial charge is 0.270 e. The molecule has 0 spiro atoms. The number of hydrogen-bond donors (Lipinski definition) is 1. The highest BCUT2D eigenvalue weighted by atomic mass is 35.5. The van der Waals surface area contributed by atoms with Crippen molar-refractivity contribution < 1.29 is 18.1 Å². The maximum Gasteiger partial charge on any atom is 0.270 e. The summed E-state index contributed by atoms with van der Waals surface area (Å²) in [5, 5.41) is 14.9. The van der Waals surface area contributed by atoms with Crippen molar-refractivity contribution >= 4 is 45.1 Å². The van der Waals surface area contributed by atoms with E-state index in [1.54, 1.807) is 37.3 Å². The van der Waals surface area contributed by atoms with Gasteiger partial charge in [0, 0.05) is 22.7 Å². The summed E-state index contributed by atoms with van der Waals surface area (Å²) < 4.78 is 27.8. The fourth-order valence-electron chi connectivity index (χ4n) is 3.11. The molecular weight excluding hydrogens is 480 g/mol. The number of nitrogens with one attached hydrogen (secondary N) is 1. The van der Waals surface area contributed by atoms with Crippen molar-refractivity contribution in [2.24, 2.45) is 5.10 Å². The highest BCUT2D eigenvalue weighted by Gasteiger charge is 2.28. The minimum atomic E-state index is -4.06. The minimum absolute atomic E-state index is 0.0376. The molecule has 0 saturated heterocycles. The average molecular weight is 501 g/mol. The molecule has 9 nitrogen and oxygen atoms in total. The second kappa shape index (κ2) is 10.4. The van der Waals surface area contributed by atoms with Gasteiger partial charge in [0.25, 0.3) is 21.6 Å². The van der Waals surface area contributed by atoms with Crippen LogP contribution in [0.3, 0.4) is 0 Å². The van der Waals surface area contributed by atoms with Crippen LogP contribution in [0, 0.1) is 24.0 Å². The number of carbonyl (C=O) groups excluding carboxylic acids is 1. The number of hydrogen-bond acceptors (Lipinski definition) is 6. The monoisotopic (exact) mass is 500 g/mol. The third kappa shape index (κ3) is 5.59. The first-order chi connectivity index (χ1) is 16.1. The second-order valence-corrected chi connectivity index (χ2v) is 9.57. The number of benzene rings is 3. The van der Waals surface area contributed by atoms with E-state index in [-0.39, 0.29) is 21.2 Å². The van der Waals surface area contributed by atoms with Crippen LogP contribution in [-0.4, -0.2) is 32.0 Å². The molecule has 3 rings (SSSR count). The Morgan fingerprint density at radius 3 is 2.50 bits per heavy atom. The Morgan fingerprint density at radius 2 is 1.82 bits per heavy atom. The van der Waals surface area contributed by atoms with E-state index in [4.69, 9.17) is 11.6 Å². The van der Waals surface area contributed by atoms with Crippen molar-refractivity contribution in [2.45, 2.75) is 18.7 Å². The summed E-state index contributed by atoms with van der Waals surface area (Å²) in [6.45, 7) is 3.08. The number of sulfonamides is 1. The van der Waals surface area contributed by atoms with Crippen LogP contribution in [0.4, 0.5) is 11.4 Å². The van der Waals surface area contributed by atoms with Gasteiger partial charge in [0.2, 0.25) is 0 Å². The van der Waals surface area contributed by atoms with Gasteiger partial charge >= 0.3 is 0 Å². The molecule has 1 N–H and O–H groups in total. The number of non-ortho nitro benzene ring substituents is 1. The topological polar surface area (TPSA) is 122 Å². The minimum Gasteiger partial charge on any atom is -0.271 e. The number of aryl methyl sites for hydroxylation is 1. The van der Waals surface area contributed by atoms with Crippen molar-refractivity contribution in [1.82, 2.24) is 5.43 Å². The molecule has 0 saturated carbocycles. The first-order valence-corrected chi connectivity index (χ1v) is 11.8. The molecule has 0 heterocycles. The van der Waals surface area contributed by atoms with Gasteiger partial charge in [0.05, 0.1) is 21.7 Å². The van der Waals surface area contributed by atoms with Crippen LogP contribution in [0.2, 0.25) is 5.02 Å². The number of hydrazone groups is 1. The van der Waals surface area contributed by atoms with Gasteiger partial charge in [0.15, 0.2) is 0 Å².